The minimum absolute atomic E-state index is 0.0428. The van der Waals surface area contributed by atoms with Crippen LogP contribution in [0.3, 0.4) is 0 Å². The summed E-state index contributed by atoms with van der Waals surface area (Å²) in [6.45, 7) is -0.299. The zero-order valence-corrected chi connectivity index (χ0v) is 15.7. The van der Waals surface area contributed by atoms with Crippen molar-refractivity contribution in [3.05, 3.63) is 58.6 Å². The first-order valence-electron chi connectivity index (χ1n) is 8.72. The van der Waals surface area contributed by atoms with E-state index in [9.17, 15) is 22.8 Å². The molecule has 0 spiro atoms. The van der Waals surface area contributed by atoms with Gasteiger partial charge in [-0.05, 0) is 31.4 Å². The standard InChI is InChI=1S/C19H15ClF3N3O3/c20-12-2-1-11(4-13(12)22)29-6-15(27)25-18-7-19(8-18,9-18)26-17(28)16-14(23)3-10(21)5-24-16/h1-5H,6-9H2,(H,25,27)(H,26,28). The molecule has 2 amide bonds. The van der Waals surface area contributed by atoms with Crippen LogP contribution in [0, 0.1) is 17.5 Å². The fraction of sp³-hybridized carbons (Fsp3) is 0.316. The summed E-state index contributed by atoms with van der Waals surface area (Å²) in [6.07, 6.45) is 2.22. The molecule has 0 atom stereocenters. The number of pyridine rings is 1. The molecule has 6 nitrogen and oxygen atoms in total. The van der Waals surface area contributed by atoms with Crippen LogP contribution in [0.25, 0.3) is 0 Å². The molecule has 0 aliphatic heterocycles. The number of nitrogens with one attached hydrogen (secondary N) is 2. The Bertz CT molecular complexity index is 998. The van der Waals surface area contributed by atoms with Gasteiger partial charge >= 0.3 is 0 Å². The Morgan fingerprint density at radius 3 is 2.41 bits per heavy atom. The van der Waals surface area contributed by atoms with E-state index in [2.05, 4.69) is 15.6 Å². The number of carbonyl (C=O) groups is 2. The number of amides is 2. The van der Waals surface area contributed by atoms with Crippen molar-refractivity contribution in [2.24, 2.45) is 0 Å². The van der Waals surface area contributed by atoms with Crippen LogP contribution in [0.2, 0.25) is 5.02 Å². The molecular weight excluding hydrogens is 411 g/mol. The predicted octanol–water partition coefficient (Wildman–Crippen LogP) is 2.75. The topological polar surface area (TPSA) is 80.3 Å². The highest BCUT2D eigenvalue weighted by Gasteiger charge is 2.69. The molecule has 2 bridgehead atoms. The average Bonchev–Trinajstić information content (AvgIpc) is 2.59. The molecule has 3 fully saturated rings. The van der Waals surface area contributed by atoms with Crippen LogP contribution in [0.1, 0.15) is 29.8 Å². The van der Waals surface area contributed by atoms with Crippen LogP contribution >= 0.6 is 11.6 Å². The summed E-state index contributed by atoms with van der Waals surface area (Å²) in [7, 11) is 0. The van der Waals surface area contributed by atoms with Crippen molar-refractivity contribution in [2.45, 2.75) is 30.3 Å². The fourth-order valence-corrected chi connectivity index (χ4v) is 4.10. The van der Waals surface area contributed by atoms with Crippen LogP contribution in [-0.4, -0.2) is 34.5 Å². The number of aromatic nitrogens is 1. The Morgan fingerprint density at radius 2 is 1.76 bits per heavy atom. The van der Waals surface area contributed by atoms with Crippen LogP contribution in [0.4, 0.5) is 13.2 Å². The lowest BCUT2D eigenvalue weighted by Crippen LogP contribution is -2.84. The van der Waals surface area contributed by atoms with Gasteiger partial charge in [-0.15, -0.1) is 0 Å². The first kappa shape index (κ1) is 19.5. The lowest BCUT2D eigenvalue weighted by Gasteiger charge is -2.70. The zero-order valence-electron chi connectivity index (χ0n) is 14.9. The van der Waals surface area contributed by atoms with Crippen molar-refractivity contribution >= 4 is 23.4 Å². The Kier molecular flexibility index (Phi) is 4.65. The maximum absolute atomic E-state index is 13.7. The number of rotatable bonds is 6. The van der Waals surface area contributed by atoms with Gasteiger partial charge in [0.25, 0.3) is 11.8 Å². The Hall–Kier alpha value is -2.81. The van der Waals surface area contributed by atoms with Gasteiger partial charge < -0.3 is 15.4 Å². The second kappa shape index (κ2) is 6.91. The van der Waals surface area contributed by atoms with Crippen molar-refractivity contribution < 1.29 is 27.5 Å². The van der Waals surface area contributed by atoms with Gasteiger partial charge in [0, 0.05) is 23.2 Å². The second-order valence-corrected chi connectivity index (χ2v) is 7.85. The summed E-state index contributed by atoms with van der Waals surface area (Å²) in [6, 6.07) is 4.46. The number of benzene rings is 1. The molecule has 2 N–H and O–H groups in total. The molecule has 0 radical (unpaired) electrons. The quantitative estimate of drug-likeness (QED) is 0.746. The van der Waals surface area contributed by atoms with Crippen molar-refractivity contribution in [3.8, 4) is 5.75 Å². The largest absolute Gasteiger partial charge is 0.484 e. The number of nitrogens with zero attached hydrogens (tertiary/aromatic N) is 1. The minimum atomic E-state index is -1.03. The highest BCUT2D eigenvalue weighted by molar-refractivity contribution is 6.30. The van der Waals surface area contributed by atoms with Crippen LogP contribution < -0.4 is 15.4 Å². The van der Waals surface area contributed by atoms with E-state index in [1.807, 2.05) is 0 Å². The van der Waals surface area contributed by atoms with E-state index in [0.717, 1.165) is 12.3 Å². The summed E-state index contributed by atoms with van der Waals surface area (Å²) >= 11 is 5.58. The molecule has 3 aliphatic rings. The number of halogens is 4. The van der Waals surface area contributed by atoms with Gasteiger partial charge in [-0.1, -0.05) is 11.6 Å². The van der Waals surface area contributed by atoms with Crippen molar-refractivity contribution in [3.63, 3.8) is 0 Å². The molecule has 1 heterocycles. The van der Waals surface area contributed by atoms with Crippen LogP contribution in [0.5, 0.6) is 5.75 Å². The molecule has 0 saturated heterocycles. The summed E-state index contributed by atoms with van der Waals surface area (Å²) in [5.41, 5.74) is -1.46. The number of ether oxygens (including phenoxy) is 1. The molecule has 0 unspecified atom stereocenters. The van der Waals surface area contributed by atoms with E-state index in [1.165, 1.54) is 12.1 Å². The number of carbonyl (C=O) groups excluding carboxylic acids is 2. The van der Waals surface area contributed by atoms with Gasteiger partial charge in [0.2, 0.25) is 0 Å². The summed E-state index contributed by atoms with van der Waals surface area (Å²) in [4.78, 5) is 27.7. The maximum Gasteiger partial charge on any atom is 0.273 e. The average molecular weight is 426 g/mol. The Labute approximate surface area is 168 Å². The Balaban J connectivity index is 1.26. The van der Waals surface area contributed by atoms with E-state index in [1.54, 1.807) is 0 Å². The predicted molar refractivity (Wildman–Crippen MR) is 96.0 cm³/mol. The van der Waals surface area contributed by atoms with Crippen LogP contribution in [-0.2, 0) is 4.79 Å². The monoisotopic (exact) mass is 425 g/mol. The maximum atomic E-state index is 13.7. The van der Waals surface area contributed by atoms with Gasteiger partial charge in [0.05, 0.1) is 11.2 Å². The number of hydrogen-bond acceptors (Lipinski definition) is 4. The van der Waals surface area contributed by atoms with E-state index in [-0.39, 0.29) is 23.3 Å². The molecule has 152 valence electrons. The third-order valence-corrected chi connectivity index (χ3v) is 5.40. The van der Waals surface area contributed by atoms with E-state index in [4.69, 9.17) is 16.3 Å². The van der Waals surface area contributed by atoms with Crippen molar-refractivity contribution in [1.29, 1.82) is 0 Å². The lowest BCUT2D eigenvalue weighted by molar-refractivity contribution is -0.141. The van der Waals surface area contributed by atoms with Gasteiger partial charge in [0.15, 0.2) is 18.1 Å². The molecule has 2 aromatic rings. The molecule has 5 rings (SSSR count). The van der Waals surface area contributed by atoms with Crippen molar-refractivity contribution in [2.75, 3.05) is 6.61 Å². The highest BCUT2D eigenvalue weighted by Crippen LogP contribution is 2.60. The molecular formula is C19H15ClF3N3O3. The molecule has 3 aliphatic carbocycles. The van der Waals surface area contributed by atoms with Gasteiger partial charge in [-0.25, -0.2) is 18.2 Å². The second-order valence-electron chi connectivity index (χ2n) is 7.44. The lowest BCUT2D eigenvalue weighted by atomic mass is 9.44. The normalized spacial score (nSPS) is 24.1. The van der Waals surface area contributed by atoms with Crippen molar-refractivity contribution in [1.82, 2.24) is 15.6 Å². The molecule has 1 aromatic carbocycles. The Morgan fingerprint density at radius 1 is 1.07 bits per heavy atom. The summed E-state index contributed by atoms with van der Waals surface area (Å²) in [5, 5.41) is 5.50. The van der Waals surface area contributed by atoms with E-state index >= 15 is 0 Å². The first-order chi connectivity index (χ1) is 13.7. The molecule has 1 aromatic heterocycles. The SMILES string of the molecule is O=C(COc1ccc(Cl)c(F)c1)NC12CC(NC(=O)c3ncc(F)cc3F)(C1)C2. The summed E-state index contributed by atoms with van der Waals surface area (Å²) in [5.74, 6) is -3.48. The molecule has 3 saturated carbocycles. The minimum Gasteiger partial charge on any atom is -0.484 e. The smallest absolute Gasteiger partial charge is 0.273 e. The highest BCUT2D eigenvalue weighted by atomic mass is 35.5. The van der Waals surface area contributed by atoms with E-state index < -0.39 is 40.1 Å². The van der Waals surface area contributed by atoms with Crippen LogP contribution in [0.15, 0.2) is 30.5 Å². The zero-order chi connectivity index (χ0) is 20.8. The third-order valence-electron chi connectivity index (χ3n) is 5.10. The third kappa shape index (κ3) is 3.74. The van der Waals surface area contributed by atoms with Gasteiger partial charge in [0.1, 0.15) is 17.4 Å². The fourth-order valence-electron chi connectivity index (χ4n) is 3.98. The van der Waals surface area contributed by atoms with Gasteiger partial charge in [-0.2, -0.15) is 0 Å². The van der Waals surface area contributed by atoms with Gasteiger partial charge in [-0.3, -0.25) is 9.59 Å². The molecule has 10 heteroatoms. The van der Waals surface area contributed by atoms with E-state index in [0.29, 0.717) is 25.3 Å². The summed E-state index contributed by atoms with van der Waals surface area (Å²) < 4.78 is 45.2. The number of hydrogen-bond donors (Lipinski definition) is 2. The first-order valence-corrected chi connectivity index (χ1v) is 9.10. The molecule has 29 heavy (non-hydrogen) atoms.